The van der Waals surface area contributed by atoms with Crippen LogP contribution < -0.4 is 5.32 Å². The monoisotopic (exact) mass is 346 g/mol. The topological polar surface area (TPSA) is 55.2 Å². The van der Waals surface area contributed by atoms with Gasteiger partial charge < -0.3 is 5.32 Å². The van der Waals surface area contributed by atoms with Crippen molar-refractivity contribution in [2.45, 2.75) is 25.8 Å². The number of hydrogen-bond acceptors (Lipinski definition) is 3. The number of anilines is 1. The first kappa shape index (κ1) is 14.1. The first-order chi connectivity index (χ1) is 10.0. The number of nitro groups is 1. The molecule has 108 valence electrons. The molecule has 0 aromatic heterocycles. The first-order valence-corrected chi connectivity index (χ1v) is 7.62. The maximum Gasteiger partial charge on any atom is 0.273 e. The summed E-state index contributed by atoms with van der Waals surface area (Å²) in [6.45, 7) is 1.76. The van der Waals surface area contributed by atoms with E-state index < -0.39 is 0 Å². The SMILES string of the molecule is Cc1cc(NC2Cc3ccccc3C2)c(Br)cc1[N+](=O)[O-]. The van der Waals surface area contributed by atoms with Gasteiger partial charge in [-0.15, -0.1) is 0 Å². The Hall–Kier alpha value is -1.88. The fourth-order valence-electron chi connectivity index (χ4n) is 2.86. The van der Waals surface area contributed by atoms with E-state index in [1.807, 2.05) is 6.07 Å². The van der Waals surface area contributed by atoms with Crippen molar-refractivity contribution in [3.8, 4) is 0 Å². The van der Waals surface area contributed by atoms with Gasteiger partial charge in [0.25, 0.3) is 5.69 Å². The average Bonchev–Trinajstić information content (AvgIpc) is 2.84. The van der Waals surface area contributed by atoms with E-state index >= 15 is 0 Å². The molecule has 4 nitrogen and oxygen atoms in total. The molecular weight excluding hydrogens is 332 g/mol. The van der Waals surface area contributed by atoms with Crippen LogP contribution in [0.5, 0.6) is 0 Å². The normalized spacial score (nSPS) is 14.0. The van der Waals surface area contributed by atoms with Crippen LogP contribution in [0.4, 0.5) is 11.4 Å². The minimum absolute atomic E-state index is 0.141. The van der Waals surface area contributed by atoms with Gasteiger partial charge in [-0.05, 0) is 52.9 Å². The van der Waals surface area contributed by atoms with Crippen LogP contribution >= 0.6 is 15.9 Å². The van der Waals surface area contributed by atoms with Crippen molar-refractivity contribution in [2.75, 3.05) is 5.32 Å². The van der Waals surface area contributed by atoms with Gasteiger partial charge in [-0.3, -0.25) is 10.1 Å². The van der Waals surface area contributed by atoms with Gasteiger partial charge in [0.1, 0.15) is 0 Å². The lowest BCUT2D eigenvalue weighted by molar-refractivity contribution is -0.385. The van der Waals surface area contributed by atoms with E-state index in [9.17, 15) is 10.1 Å². The fraction of sp³-hybridized carbons (Fsp3) is 0.250. The largest absolute Gasteiger partial charge is 0.381 e. The van der Waals surface area contributed by atoms with Crippen molar-refractivity contribution in [1.29, 1.82) is 0 Å². The number of aryl methyl sites for hydroxylation is 1. The summed E-state index contributed by atoms with van der Waals surface area (Å²) in [5.41, 5.74) is 4.48. The van der Waals surface area contributed by atoms with Crippen molar-refractivity contribution in [1.82, 2.24) is 0 Å². The molecule has 0 spiro atoms. The van der Waals surface area contributed by atoms with E-state index in [1.165, 1.54) is 11.1 Å². The van der Waals surface area contributed by atoms with Crippen LogP contribution in [0.1, 0.15) is 16.7 Å². The highest BCUT2D eigenvalue weighted by molar-refractivity contribution is 9.10. The molecule has 1 N–H and O–H groups in total. The molecule has 1 aliphatic carbocycles. The van der Waals surface area contributed by atoms with Crippen LogP contribution in [-0.2, 0) is 12.8 Å². The summed E-state index contributed by atoms with van der Waals surface area (Å²) in [5.74, 6) is 0. The molecule has 0 saturated heterocycles. The summed E-state index contributed by atoms with van der Waals surface area (Å²) in [5, 5.41) is 14.4. The molecule has 1 aliphatic rings. The van der Waals surface area contributed by atoms with Crippen molar-refractivity contribution in [3.05, 3.63) is 67.7 Å². The summed E-state index contributed by atoms with van der Waals surface area (Å²) in [6.07, 6.45) is 1.97. The van der Waals surface area contributed by atoms with Gasteiger partial charge >= 0.3 is 0 Å². The lowest BCUT2D eigenvalue weighted by atomic mass is 10.1. The standard InChI is InChI=1S/C16H15BrN2O2/c1-10-6-15(14(17)9-16(10)19(20)21)18-13-7-11-4-2-3-5-12(11)8-13/h2-6,9,13,18H,7-8H2,1H3. The third-order valence-electron chi connectivity index (χ3n) is 3.89. The van der Waals surface area contributed by atoms with Gasteiger partial charge in [-0.25, -0.2) is 0 Å². The zero-order valence-electron chi connectivity index (χ0n) is 11.6. The molecule has 5 heteroatoms. The highest BCUT2D eigenvalue weighted by atomic mass is 79.9. The summed E-state index contributed by atoms with van der Waals surface area (Å²) in [4.78, 5) is 10.6. The van der Waals surface area contributed by atoms with Gasteiger partial charge in [0.2, 0.25) is 0 Å². The second kappa shape index (κ2) is 5.48. The molecule has 0 heterocycles. The molecule has 0 radical (unpaired) electrons. The van der Waals surface area contributed by atoms with Crippen LogP contribution in [0, 0.1) is 17.0 Å². The summed E-state index contributed by atoms with van der Waals surface area (Å²) in [6, 6.07) is 12.2. The van der Waals surface area contributed by atoms with E-state index in [0.717, 1.165) is 23.0 Å². The predicted octanol–water partition coefficient (Wildman–Crippen LogP) is 4.25. The molecule has 0 fully saturated rings. The molecule has 2 aromatic carbocycles. The van der Waals surface area contributed by atoms with Crippen LogP contribution in [0.15, 0.2) is 40.9 Å². The van der Waals surface area contributed by atoms with E-state index in [2.05, 4.69) is 45.5 Å². The highest BCUT2D eigenvalue weighted by Gasteiger charge is 2.22. The summed E-state index contributed by atoms with van der Waals surface area (Å²) in [7, 11) is 0. The number of rotatable bonds is 3. The van der Waals surface area contributed by atoms with Gasteiger partial charge in [-0.2, -0.15) is 0 Å². The lowest BCUT2D eigenvalue weighted by Crippen LogP contribution is -2.19. The van der Waals surface area contributed by atoms with E-state index in [-0.39, 0.29) is 10.6 Å². The van der Waals surface area contributed by atoms with Crippen LogP contribution in [0.3, 0.4) is 0 Å². The fourth-order valence-corrected chi connectivity index (χ4v) is 3.30. The van der Waals surface area contributed by atoms with E-state index in [1.54, 1.807) is 13.0 Å². The molecule has 2 aromatic rings. The zero-order valence-corrected chi connectivity index (χ0v) is 13.2. The number of nitrogens with one attached hydrogen (secondary N) is 1. The van der Waals surface area contributed by atoms with Crippen LogP contribution in [0.2, 0.25) is 0 Å². The molecule has 0 amide bonds. The van der Waals surface area contributed by atoms with Gasteiger partial charge in [-0.1, -0.05) is 24.3 Å². The number of fused-ring (bicyclic) bond motifs is 1. The highest BCUT2D eigenvalue weighted by Crippen LogP contribution is 2.33. The molecule has 0 aliphatic heterocycles. The number of nitro benzene ring substituents is 1. The summed E-state index contributed by atoms with van der Waals surface area (Å²) < 4.78 is 0.732. The smallest absolute Gasteiger partial charge is 0.273 e. The first-order valence-electron chi connectivity index (χ1n) is 6.82. The molecule has 0 saturated carbocycles. The molecule has 3 rings (SSSR count). The second-order valence-electron chi connectivity index (χ2n) is 5.39. The van der Waals surface area contributed by atoms with Crippen molar-refractivity contribution >= 4 is 27.3 Å². The van der Waals surface area contributed by atoms with Gasteiger partial charge in [0, 0.05) is 27.8 Å². The number of benzene rings is 2. The Kier molecular flexibility index (Phi) is 3.68. The predicted molar refractivity (Wildman–Crippen MR) is 86.8 cm³/mol. The Morgan fingerprint density at radius 2 is 1.86 bits per heavy atom. The quantitative estimate of drug-likeness (QED) is 0.667. The Bertz CT molecular complexity index is 690. The van der Waals surface area contributed by atoms with E-state index in [4.69, 9.17) is 0 Å². The lowest BCUT2D eigenvalue weighted by Gasteiger charge is -2.15. The molecule has 0 atom stereocenters. The van der Waals surface area contributed by atoms with Crippen molar-refractivity contribution in [3.63, 3.8) is 0 Å². The molecule has 21 heavy (non-hydrogen) atoms. The Morgan fingerprint density at radius 3 is 2.43 bits per heavy atom. The Balaban J connectivity index is 1.81. The zero-order chi connectivity index (χ0) is 15.0. The van der Waals surface area contributed by atoms with Gasteiger partial charge in [0.05, 0.1) is 4.92 Å². The maximum atomic E-state index is 10.9. The van der Waals surface area contributed by atoms with Crippen molar-refractivity contribution in [2.24, 2.45) is 0 Å². The number of halogens is 1. The minimum atomic E-state index is -0.352. The van der Waals surface area contributed by atoms with E-state index in [0.29, 0.717) is 11.6 Å². The number of nitrogens with zero attached hydrogens (tertiary/aromatic N) is 1. The number of hydrogen-bond donors (Lipinski definition) is 1. The minimum Gasteiger partial charge on any atom is -0.381 e. The third-order valence-corrected chi connectivity index (χ3v) is 4.55. The molecule has 0 unspecified atom stereocenters. The summed E-state index contributed by atoms with van der Waals surface area (Å²) >= 11 is 3.43. The van der Waals surface area contributed by atoms with Crippen LogP contribution in [-0.4, -0.2) is 11.0 Å². The molecule has 0 bridgehead atoms. The van der Waals surface area contributed by atoms with Gasteiger partial charge in [0.15, 0.2) is 0 Å². The van der Waals surface area contributed by atoms with Crippen LogP contribution in [0.25, 0.3) is 0 Å². The van der Waals surface area contributed by atoms with Crippen molar-refractivity contribution < 1.29 is 4.92 Å². The Morgan fingerprint density at radius 1 is 1.24 bits per heavy atom. The maximum absolute atomic E-state index is 10.9. The third kappa shape index (κ3) is 2.78. The molecular formula is C16H15BrN2O2. The second-order valence-corrected chi connectivity index (χ2v) is 6.25. The Labute approximate surface area is 131 Å². The average molecular weight is 347 g/mol.